The molecule has 0 aromatic heterocycles. The molecule has 0 aliphatic heterocycles. The van der Waals surface area contributed by atoms with Gasteiger partial charge in [-0.25, -0.2) is 0 Å². The Morgan fingerprint density at radius 1 is 1.25 bits per heavy atom. The molecular weight excluding hydrogens is 202 g/mol. The third-order valence-electron chi connectivity index (χ3n) is 1.11. The predicted octanol–water partition coefficient (Wildman–Crippen LogP) is 1.29. The maximum atomic E-state index is 10.5. The van der Waals surface area contributed by atoms with Crippen molar-refractivity contribution in [1.82, 2.24) is 0 Å². The van der Waals surface area contributed by atoms with Crippen LogP contribution in [0.5, 0.6) is 5.75 Å². The van der Waals surface area contributed by atoms with Crippen LogP contribution in [-0.4, -0.2) is 13.5 Å². The van der Waals surface area contributed by atoms with Crippen molar-refractivity contribution >= 4 is 25.6 Å². The van der Waals surface area contributed by atoms with E-state index in [0.29, 0.717) is 5.69 Å². The van der Waals surface area contributed by atoms with Gasteiger partial charge in [0.25, 0.3) is 0 Å². The summed E-state index contributed by atoms with van der Waals surface area (Å²) in [5.74, 6) is 0.0625. The quantitative estimate of drug-likeness (QED) is 0.567. The fraction of sp³-hybridized carbons (Fsp3) is 0. The van der Waals surface area contributed by atoms with Crippen molar-refractivity contribution in [1.29, 1.82) is 0 Å². The van der Waals surface area contributed by atoms with E-state index in [0.717, 1.165) is 0 Å². The summed E-state index contributed by atoms with van der Waals surface area (Å²) >= 11 is 0. The van der Waals surface area contributed by atoms with Crippen molar-refractivity contribution in [3.63, 3.8) is 0 Å². The summed E-state index contributed by atoms with van der Waals surface area (Å²) in [5.41, 5.74) is 0.308. The molecule has 0 spiro atoms. The van der Waals surface area contributed by atoms with Crippen molar-refractivity contribution in [2.45, 2.75) is 0 Å². The molecule has 0 unspecified atom stereocenters. The lowest BCUT2D eigenvalue weighted by molar-refractivity contribution is 0.475. The SMILES string of the molecule is O=S(=O)(Cl)Nc1ccc(O)cc1. The van der Waals surface area contributed by atoms with Gasteiger partial charge in [0.1, 0.15) is 5.75 Å². The fourth-order valence-electron chi connectivity index (χ4n) is 0.670. The maximum absolute atomic E-state index is 10.5. The Hall–Kier alpha value is -0.940. The zero-order valence-electron chi connectivity index (χ0n) is 5.86. The maximum Gasteiger partial charge on any atom is 0.319 e. The van der Waals surface area contributed by atoms with Crippen molar-refractivity contribution in [3.05, 3.63) is 24.3 Å². The van der Waals surface area contributed by atoms with Crippen LogP contribution in [0.4, 0.5) is 5.69 Å². The average Bonchev–Trinajstić information content (AvgIpc) is 1.91. The summed E-state index contributed by atoms with van der Waals surface area (Å²) < 4.78 is 23.0. The zero-order valence-corrected chi connectivity index (χ0v) is 7.43. The van der Waals surface area contributed by atoms with Gasteiger partial charge in [0.15, 0.2) is 0 Å². The Morgan fingerprint density at radius 2 is 1.75 bits per heavy atom. The molecule has 0 amide bonds. The van der Waals surface area contributed by atoms with Crippen LogP contribution in [0.15, 0.2) is 24.3 Å². The molecule has 0 aliphatic carbocycles. The fourth-order valence-corrected chi connectivity index (χ4v) is 1.36. The summed E-state index contributed by atoms with van der Waals surface area (Å²) in [6, 6.07) is 5.50. The van der Waals surface area contributed by atoms with Crippen molar-refractivity contribution in [3.8, 4) is 5.75 Å². The van der Waals surface area contributed by atoms with Gasteiger partial charge in [0.2, 0.25) is 0 Å². The first kappa shape index (κ1) is 9.15. The van der Waals surface area contributed by atoms with Gasteiger partial charge < -0.3 is 5.11 Å². The van der Waals surface area contributed by atoms with E-state index >= 15 is 0 Å². The molecule has 1 aromatic carbocycles. The average molecular weight is 208 g/mol. The predicted molar refractivity (Wildman–Crippen MR) is 46.5 cm³/mol. The molecule has 0 bridgehead atoms. The molecule has 4 nitrogen and oxygen atoms in total. The molecule has 1 rings (SSSR count). The van der Waals surface area contributed by atoms with Gasteiger partial charge in [-0.3, -0.25) is 4.72 Å². The van der Waals surface area contributed by atoms with Gasteiger partial charge in [-0.15, -0.1) is 0 Å². The molecule has 0 saturated heterocycles. The molecule has 0 saturated carbocycles. The molecule has 1 aromatic rings. The highest BCUT2D eigenvalue weighted by atomic mass is 35.7. The van der Waals surface area contributed by atoms with Crippen molar-refractivity contribution < 1.29 is 13.5 Å². The van der Waals surface area contributed by atoms with Crippen molar-refractivity contribution in [2.24, 2.45) is 0 Å². The van der Waals surface area contributed by atoms with Crippen LogP contribution < -0.4 is 4.72 Å². The number of benzene rings is 1. The molecule has 0 fully saturated rings. The number of hydrogen-bond donors (Lipinski definition) is 2. The number of phenolic OH excluding ortho intramolecular Hbond substituents is 1. The second-order valence-electron chi connectivity index (χ2n) is 2.09. The monoisotopic (exact) mass is 207 g/mol. The minimum atomic E-state index is -3.75. The summed E-state index contributed by atoms with van der Waals surface area (Å²) in [4.78, 5) is 0. The highest BCUT2D eigenvalue weighted by Gasteiger charge is 2.02. The molecule has 6 heteroatoms. The van der Waals surface area contributed by atoms with Crippen LogP contribution >= 0.6 is 10.7 Å². The number of phenols is 1. The van der Waals surface area contributed by atoms with E-state index in [-0.39, 0.29) is 5.75 Å². The van der Waals surface area contributed by atoms with E-state index in [1.54, 1.807) is 0 Å². The molecule has 0 heterocycles. The van der Waals surface area contributed by atoms with E-state index in [1.165, 1.54) is 24.3 Å². The van der Waals surface area contributed by atoms with E-state index in [1.807, 2.05) is 4.72 Å². The Labute approximate surface area is 74.3 Å². The highest BCUT2D eigenvalue weighted by Crippen LogP contribution is 2.15. The lowest BCUT2D eigenvalue weighted by Gasteiger charge is -2.00. The second-order valence-corrected chi connectivity index (χ2v) is 4.39. The second kappa shape index (κ2) is 3.20. The topological polar surface area (TPSA) is 66.4 Å². The largest absolute Gasteiger partial charge is 0.508 e. The Morgan fingerprint density at radius 3 is 2.17 bits per heavy atom. The number of aromatic hydroxyl groups is 1. The minimum Gasteiger partial charge on any atom is -0.508 e. The summed E-state index contributed by atoms with van der Waals surface area (Å²) in [5, 5.41) is 8.84. The molecule has 0 atom stereocenters. The minimum absolute atomic E-state index is 0.0625. The van der Waals surface area contributed by atoms with Crippen LogP contribution in [-0.2, 0) is 9.24 Å². The third-order valence-corrected chi connectivity index (χ3v) is 1.82. The van der Waals surface area contributed by atoms with Gasteiger partial charge in [-0.05, 0) is 24.3 Å². The highest BCUT2D eigenvalue weighted by molar-refractivity contribution is 8.14. The molecule has 2 N–H and O–H groups in total. The van der Waals surface area contributed by atoms with Crippen LogP contribution in [0.2, 0.25) is 0 Å². The smallest absolute Gasteiger partial charge is 0.319 e. The summed E-state index contributed by atoms with van der Waals surface area (Å²) in [7, 11) is 1.16. The van der Waals surface area contributed by atoms with Crippen LogP contribution in [0.1, 0.15) is 0 Å². The molecule has 0 aliphatic rings. The van der Waals surface area contributed by atoms with Crippen LogP contribution in [0, 0.1) is 0 Å². The van der Waals surface area contributed by atoms with Gasteiger partial charge in [-0.2, -0.15) is 8.42 Å². The first-order valence-corrected chi connectivity index (χ1v) is 5.30. The van der Waals surface area contributed by atoms with E-state index in [2.05, 4.69) is 0 Å². The Balaban J connectivity index is 2.85. The molecule has 12 heavy (non-hydrogen) atoms. The Kier molecular flexibility index (Phi) is 2.44. The first-order valence-electron chi connectivity index (χ1n) is 2.99. The normalized spacial score (nSPS) is 11.1. The molecule has 66 valence electrons. The molecule has 0 radical (unpaired) electrons. The van der Waals surface area contributed by atoms with Crippen molar-refractivity contribution in [2.75, 3.05) is 4.72 Å². The van der Waals surface area contributed by atoms with Crippen LogP contribution in [0.25, 0.3) is 0 Å². The Bertz CT molecular complexity index is 359. The summed E-state index contributed by atoms with van der Waals surface area (Å²) in [6.45, 7) is 0. The number of rotatable bonds is 2. The van der Waals surface area contributed by atoms with E-state index in [4.69, 9.17) is 15.8 Å². The molecular formula is C6H6ClNO3S. The van der Waals surface area contributed by atoms with Gasteiger partial charge in [0.05, 0.1) is 0 Å². The lowest BCUT2D eigenvalue weighted by Crippen LogP contribution is -2.03. The van der Waals surface area contributed by atoms with Gasteiger partial charge >= 0.3 is 9.24 Å². The zero-order chi connectivity index (χ0) is 9.19. The van der Waals surface area contributed by atoms with Gasteiger partial charge in [-0.1, -0.05) is 0 Å². The number of anilines is 1. The third kappa shape index (κ3) is 2.98. The summed E-state index contributed by atoms with van der Waals surface area (Å²) in [6.07, 6.45) is 0. The number of hydrogen-bond acceptors (Lipinski definition) is 3. The van der Waals surface area contributed by atoms with E-state index in [9.17, 15) is 8.42 Å². The number of nitrogens with one attached hydrogen (secondary N) is 1. The van der Waals surface area contributed by atoms with E-state index < -0.39 is 9.24 Å². The van der Waals surface area contributed by atoms with Crippen LogP contribution in [0.3, 0.4) is 0 Å². The number of halogens is 1. The van der Waals surface area contributed by atoms with Gasteiger partial charge in [0, 0.05) is 16.4 Å². The lowest BCUT2D eigenvalue weighted by atomic mass is 10.3. The standard InChI is InChI=1S/C6H6ClNO3S/c7-12(10,11)8-5-1-3-6(9)4-2-5/h1-4,8-9H. The first-order chi connectivity index (χ1) is 5.47.